The summed E-state index contributed by atoms with van der Waals surface area (Å²) in [6.07, 6.45) is 0.205. The van der Waals surface area contributed by atoms with E-state index in [1.807, 2.05) is 31.2 Å². The van der Waals surface area contributed by atoms with Crippen molar-refractivity contribution in [2.45, 2.75) is 19.4 Å². The number of likely N-dealkylation sites (N-methyl/N-ethyl adjacent to an activating group) is 1. The van der Waals surface area contributed by atoms with Gasteiger partial charge in [-0.2, -0.15) is 0 Å². The fraction of sp³-hybridized carbons (Fsp3) is 0.500. The monoisotopic (exact) mass is 305 g/mol. The van der Waals surface area contributed by atoms with E-state index in [2.05, 4.69) is 0 Å². The zero-order valence-electron chi connectivity index (χ0n) is 12.4. The predicted molar refractivity (Wildman–Crippen MR) is 77.8 cm³/mol. The molecule has 3 unspecified atom stereocenters. The number of carboxylic acids is 1. The molecule has 1 N–H and O–H groups in total. The van der Waals surface area contributed by atoms with Gasteiger partial charge in [0.15, 0.2) is 17.6 Å². The number of benzene rings is 1. The number of fused-ring (bicyclic) bond motifs is 1. The third-order valence-electron chi connectivity index (χ3n) is 4.11. The second kappa shape index (κ2) is 5.87. The SMILES string of the molecule is CCN(CC1COc2ccccc2O1)C(=O)C1CC1C(=O)O. The summed E-state index contributed by atoms with van der Waals surface area (Å²) in [7, 11) is 0. The van der Waals surface area contributed by atoms with Crippen molar-refractivity contribution in [3.05, 3.63) is 24.3 Å². The fourth-order valence-electron chi connectivity index (χ4n) is 2.75. The molecule has 1 aliphatic carbocycles. The van der Waals surface area contributed by atoms with Crippen molar-refractivity contribution in [3.8, 4) is 11.5 Å². The minimum atomic E-state index is -0.888. The Labute approximate surface area is 128 Å². The molecule has 1 heterocycles. The third kappa shape index (κ3) is 2.86. The summed E-state index contributed by atoms with van der Waals surface area (Å²) in [5.74, 6) is -0.503. The minimum absolute atomic E-state index is 0.0997. The van der Waals surface area contributed by atoms with Crippen molar-refractivity contribution in [3.63, 3.8) is 0 Å². The van der Waals surface area contributed by atoms with E-state index in [0.717, 1.165) is 0 Å². The van der Waals surface area contributed by atoms with Crippen LogP contribution in [0.15, 0.2) is 24.3 Å². The molecule has 0 saturated heterocycles. The van der Waals surface area contributed by atoms with Crippen molar-refractivity contribution in [2.75, 3.05) is 19.7 Å². The number of rotatable bonds is 5. The molecule has 6 heteroatoms. The van der Waals surface area contributed by atoms with Crippen LogP contribution in [-0.4, -0.2) is 47.7 Å². The number of ether oxygens (including phenoxy) is 2. The minimum Gasteiger partial charge on any atom is -0.486 e. The number of aliphatic carboxylic acids is 1. The van der Waals surface area contributed by atoms with Gasteiger partial charge in [-0.25, -0.2) is 0 Å². The van der Waals surface area contributed by atoms with Crippen LogP contribution in [0.1, 0.15) is 13.3 Å². The van der Waals surface area contributed by atoms with Gasteiger partial charge in [0.05, 0.1) is 18.4 Å². The Bertz CT molecular complexity index is 588. The van der Waals surface area contributed by atoms with Gasteiger partial charge in [0.2, 0.25) is 5.91 Å². The number of carbonyl (C=O) groups excluding carboxylic acids is 1. The molecule has 1 aliphatic heterocycles. The summed E-state index contributed by atoms with van der Waals surface area (Å²) in [6, 6.07) is 7.43. The molecule has 1 aromatic carbocycles. The maximum atomic E-state index is 12.3. The molecule has 6 nitrogen and oxygen atoms in total. The quantitative estimate of drug-likeness (QED) is 0.890. The van der Waals surface area contributed by atoms with Gasteiger partial charge in [0.1, 0.15) is 6.61 Å². The van der Waals surface area contributed by atoms with Crippen LogP contribution in [0.3, 0.4) is 0 Å². The van der Waals surface area contributed by atoms with E-state index >= 15 is 0 Å². The highest BCUT2D eigenvalue weighted by molar-refractivity contribution is 5.89. The fourth-order valence-corrected chi connectivity index (χ4v) is 2.75. The zero-order valence-corrected chi connectivity index (χ0v) is 12.4. The molecular formula is C16H19NO5. The largest absolute Gasteiger partial charge is 0.486 e. The van der Waals surface area contributed by atoms with E-state index in [1.165, 1.54) is 0 Å². The van der Waals surface area contributed by atoms with Gasteiger partial charge in [-0.1, -0.05) is 12.1 Å². The Kier molecular flexibility index (Phi) is 3.92. The van der Waals surface area contributed by atoms with Gasteiger partial charge in [-0.15, -0.1) is 0 Å². The second-order valence-corrected chi connectivity index (χ2v) is 5.66. The van der Waals surface area contributed by atoms with Crippen LogP contribution < -0.4 is 9.47 Å². The first-order valence-electron chi connectivity index (χ1n) is 7.50. The number of amides is 1. The zero-order chi connectivity index (χ0) is 15.7. The molecule has 118 valence electrons. The van der Waals surface area contributed by atoms with Gasteiger partial charge >= 0.3 is 5.97 Å². The molecule has 0 spiro atoms. The maximum Gasteiger partial charge on any atom is 0.307 e. The smallest absolute Gasteiger partial charge is 0.307 e. The van der Waals surface area contributed by atoms with Crippen LogP contribution in [-0.2, 0) is 9.59 Å². The van der Waals surface area contributed by atoms with E-state index in [0.29, 0.717) is 37.6 Å². The number of para-hydroxylation sites is 2. The molecule has 22 heavy (non-hydrogen) atoms. The summed E-state index contributed by atoms with van der Waals surface area (Å²) in [5, 5.41) is 8.94. The predicted octanol–water partition coefficient (Wildman–Crippen LogP) is 1.40. The van der Waals surface area contributed by atoms with Crippen molar-refractivity contribution >= 4 is 11.9 Å². The van der Waals surface area contributed by atoms with Crippen LogP contribution in [0, 0.1) is 11.8 Å². The van der Waals surface area contributed by atoms with Crippen molar-refractivity contribution < 1.29 is 24.2 Å². The first-order valence-corrected chi connectivity index (χ1v) is 7.50. The molecule has 2 aliphatic rings. The molecule has 1 amide bonds. The van der Waals surface area contributed by atoms with Gasteiger partial charge < -0.3 is 19.5 Å². The molecule has 3 atom stereocenters. The van der Waals surface area contributed by atoms with E-state index in [-0.39, 0.29) is 17.9 Å². The number of carbonyl (C=O) groups is 2. The van der Waals surface area contributed by atoms with Crippen LogP contribution in [0.5, 0.6) is 11.5 Å². The summed E-state index contributed by atoms with van der Waals surface area (Å²) in [5.41, 5.74) is 0. The molecule has 1 saturated carbocycles. The standard InChI is InChI=1S/C16H19NO5/c1-2-17(15(18)11-7-12(11)16(19)20)8-10-9-21-13-5-3-4-6-14(13)22-10/h3-6,10-12H,2,7-9H2,1H3,(H,19,20). The topological polar surface area (TPSA) is 76.1 Å². The van der Waals surface area contributed by atoms with E-state index in [1.54, 1.807) is 4.90 Å². The second-order valence-electron chi connectivity index (χ2n) is 5.66. The number of hydrogen-bond donors (Lipinski definition) is 1. The maximum absolute atomic E-state index is 12.3. The lowest BCUT2D eigenvalue weighted by Crippen LogP contribution is -2.44. The highest BCUT2D eigenvalue weighted by atomic mass is 16.6. The molecule has 3 rings (SSSR count). The molecular weight excluding hydrogens is 286 g/mol. The summed E-state index contributed by atoms with van der Waals surface area (Å²) in [6.45, 7) is 3.21. The number of nitrogens with zero attached hydrogens (tertiary/aromatic N) is 1. The third-order valence-corrected chi connectivity index (χ3v) is 4.11. The van der Waals surface area contributed by atoms with E-state index in [4.69, 9.17) is 14.6 Å². The Morgan fingerprint density at radius 1 is 1.27 bits per heavy atom. The average Bonchev–Trinajstić information content (AvgIpc) is 3.32. The van der Waals surface area contributed by atoms with Gasteiger partial charge in [-0.3, -0.25) is 9.59 Å². The van der Waals surface area contributed by atoms with E-state index in [9.17, 15) is 9.59 Å². The Morgan fingerprint density at radius 2 is 2.00 bits per heavy atom. The Morgan fingerprint density at radius 3 is 2.64 bits per heavy atom. The molecule has 1 fully saturated rings. The van der Waals surface area contributed by atoms with Crippen molar-refractivity contribution in [1.29, 1.82) is 0 Å². The van der Waals surface area contributed by atoms with Crippen molar-refractivity contribution in [1.82, 2.24) is 4.90 Å². The van der Waals surface area contributed by atoms with Crippen molar-refractivity contribution in [2.24, 2.45) is 11.8 Å². The first-order chi connectivity index (χ1) is 10.6. The van der Waals surface area contributed by atoms with Crippen LogP contribution in [0.2, 0.25) is 0 Å². The lowest BCUT2D eigenvalue weighted by Gasteiger charge is -2.31. The highest BCUT2D eigenvalue weighted by Gasteiger charge is 2.49. The Hall–Kier alpha value is -2.24. The lowest BCUT2D eigenvalue weighted by atomic mass is 10.2. The summed E-state index contributed by atoms with van der Waals surface area (Å²) in [4.78, 5) is 24.9. The lowest BCUT2D eigenvalue weighted by molar-refractivity contribution is -0.142. The number of hydrogen-bond acceptors (Lipinski definition) is 4. The molecule has 0 radical (unpaired) electrons. The van der Waals surface area contributed by atoms with Gasteiger partial charge in [0.25, 0.3) is 0 Å². The van der Waals surface area contributed by atoms with Gasteiger partial charge in [0, 0.05) is 6.54 Å². The van der Waals surface area contributed by atoms with Crippen LogP contribution >= 0.6 is 0 Å². The van der Waals surface area contributed by atoms with Crippen LogP contribution in [0.25, 0.3) is 0 Å². The normalized spacial score (nSPS) is 25.4. The number of carboxylic acid groups (broad SMARTS) is 1. The summed E-state index contributed by atoms with van der Waals surface area (Å²) >= 11 is 0. The first kappa shape index (κ1) is 14.7. The Balaban J connectivity index is 1.60. The summed E-state index contributed by atoms with van der Waals surface area (Å²) < 4.78 is 11.5. The molecule has 1 aromatic rings. The van der Waals surface area contributed by atoms with Crippen LogP contribution in [0.4, 0.5) is 0 Å². The molecule has 0 aromatic heterocycles. The average molecular weight is 305 g/mol. The van der Waals surface area contributed by atoms with Gasteiger partial charge in [-0.05, 0) is 25.5 Å². The highest BCUT2D eigenvalue weighted by Crippen LogP contribution is 2.40. The van der Waals surface area contributed by atoms with E-state index < -0.39 is 11.9 Å². The molecule has 0 bridgehead atoms.